The van der Waals surface area contributed by atoms with Crippen molar-refractivity contribution in [2.24, 2.45) is 5.92 Å². The molecule has 0 saturated carbocycles. The Bertz CT molecular complexity index is 437. The van der Waals surface area contributed by atoms with E-state index in [9.17, 15) is 0 Å². The van der Waals surface area contributed by atoms with E-state index in [2.05, 4.69) is 25.2 Å². The molecule has 1 atom stereocenters. The Morgan fingerprint density at radius 1 is 1.35 bits per heavy atom. The number of benzene rings is 1. The van der Waals surface area contributed by atoms with Gasteiger partial charge in [-0.3, -0.25) is 0 Å². The lowest BCUT2D eigenvalue weighted by molar-refractivity contribution is 0.412. The number of nitrogens with zero attached hydrogens (tertiary/aromatic N) is 1. The van der Waals surface area contributed by atoms with E-state index in [1.807, 2.05) is 18.2 Å². The summed E-state index contributed by atoms with van der Waals surface area (Å²) in [4.78, 5) is 0. The largest absolute Gasteiger partial charge is 0.495 e. The first-order chi connectivity index (χ1) is 9.74. The lowest BCUT2D eigenvalue weighted by Crippen LogP contribution is -2.22. The average molecular weight is 274 g/mol. The van der Waals surface area contributed by atoms with Crippen LogP contribution in [0.1, 0.15) is 50.7 Å². The fourth-order valence-electron chi connectivity index (χ4n) is 2.32. The van der Waals surface area contributed by atoms with Crippen molar-refractivity contribution in [3.05, 3.63) is 29.3 Å². The highest BCUT2D eigenvalue weighted by molar-refractivity contribution is 5.45. The standard InChI is InChI=1S/C17H26N2O/c1-4-6-7-14(5-2)12-19-13-15-8-9-17(20-3)16(10-15)11-18/h8-10,14,19H,4-7,12-13H2,1-3H3. The van der Waals surface area contributed by atoms with E-state index < -0.39 is 0 Å². The second kappa shape index (κ2) is 9.39. The van der Waals surface area contributed by atoms with Crippen LogP contribution in [-0.2, 0) is 6.54 Å². The molecule has 1 unspecified atom stereocenters. The van der Waals surface area contributed by atoms with E-state index in [4.69, 9.17) is 10.00 Å². The molecule has 3 heteroatoms. The molecular formula is C17H26N2O. The van der Waals surface area contributed by atoms with Gasteiger partial charge in [0.2, 0.25) is 0 Å². The molecule has 0 aliphatic carbocycles. The summed E-state index contributed by atoms with van der Waals surface area (Å²) in [6, 6.07) is 7.95. The number of rotatable bonds is 9. The fourth-order valence-corrected chi connectivity index (χ4v) is 2.32. The highest BCUT2D eigenvalue weighted by Crippen LogP contribution is 2.19. The number of hydrogen-bond donors (Lipinski definition) is 1. The smallest absolute Gasteiger partial charge is 0.136 e. The van der Waals surface area contributed by atoms with E-state index in [0.29, 0.717) is 11.3 Å². The number of nitrogens with one attached hydrogen (secondary N) is 1. The summed E-state index contributed by atoms with van der Waals surface area (Å²) in [6.45, 7) is 6.34. The van der Waals surface area contributed by atoms with Crippen molar-refractivity contribution < 1.29 is 4.74 Å². The van der Waals surface area contributed by atoms with Gasteiger partial charge in [-0.25, -0.2) is 0 Å². The maximum atomic E-state index is 9.07. The lowest BCUT2D eigenvalue weighted by atomic mass is 9.99. The maximum absolute atomic E-state index is 9.07. The van der Waals surface area contributed by atoms with E-state index in [1.54, 1.807) is 7.11 Å². The number of unbranched alkanes of at least 4 members (excludes halogenated alkanes) is 1. The lowest BCUT2D eigenvalue weighted by Gasteiger charge is -2.15. The van der Waals surface area contributed by atoms with Crippen LogP contribution in [-0.4, -0.2) is 13.7 Å². The van der Waals surface area contributed by atoms with E-state index in [-0.39, 0.29) is 0 Å². The van der Waals surface area contributed by atoms with Crippen molar-refractivity contribution in [1.29, 1.82) is 5.26 Å². The third-order valence-corrected chi connectivity index (χ3v) is 3.69. The predicted octanol–water partition coefficient (Wildman–Crippen LogP) is 3.87. The van der Waals surface area contributed by atoms with Gasteiger partial charge in [-0.1, -0.05) is 39.2 Å². The van der Waals surface area contributed by atoms with Gasteiger partial charge in [0.25, 0.3) is 0 Å². The monoisotopic (exact) mass is 274 g/mol. The number of hydrogen-bond acceptors (Lipinski definition) is 3. The van der Waals surface area contributed by atoms with Gasteiger partial charge in [-0.15, -0.1) is 0 Å². The normalized spacial score (nSPS) is 11.9. The molecule has 1 aromatic rings. The summed E-state index contributed by atoms with van der Waals surface area (Å²) in [5.41, 5.74) is 1.73. The zero-order valence-electron chi connectivity index (χ0n) is 12.9. The molecule has 20 heavy (non-hydrogen) atoms. The molecule has 0 bridgehead atoms. The molecule has 0 spiro atoms. The van der Waals surface area contributed by atoms with Gasteiger partial charge in [0, 0.05) is 6.54 Å². The third-order valence-electron chi connectivity index (χ3n) is 3.69. The second-order valence-electron chi connectivity index (χ2n) is 5.19. The van der Waals surface area contributed by atoms with Gasteiger partial charge in [-0.2, -0.15) is 5.26 Å². The molecule has 0 aliphatic rings. The van der Waals surface area contributed by atoms with Crippen LogP contribution in [0, 0.1) is 17.2 Å². The van der Waals surface area contributed by atoms with Gasteiger partial charge in [0.05, 0.1) is 12.7 Å². The van der Waals surface area contributed by atoms with Crippen LogP contribution in [0.25, 0.3) is 0 Å². The summed E-state index contributed by atoms with van der Waals surface area (Å²) < 4.78 is 5.15. The Morgan fingerprint density at radius 2 is 2.15 bits per heavy atom. The highest BCUT2D eigenvalue weighted by atomic mass is 16.5. The van der Waals surface area contributed by atoms with Gasteiger partial charge in [0.15, 0.2) is 0 Å². The van der Waals surface area contributed by atoms with Crippen molar-refractivity contribution in [3.8, 4) is 11.8 Å². The SMILES string of the molecule is CCCCC(CC)CNCc1ccc(OC)c(C#N)c1. The van der Waals surface area contributed by atoms with Crippen LogP contribution in [0.3, 0.4) is 0 Å². The first-order valence-electron chi connectivity index (χ1n) is 7.52. The quantitative estimate of drug-likeness (QED) is 0.743. The zero-order chi connectivity index (χ0) is 14.8. The van der Waals surface area contributed by atoms with Gasteiger partial charge >= 0.3 is 0 Å². The van der Waals surface area contributed by atoms with E-state index >= 15 is 0 Å². The number of methoxy groups -OCH3 is 1. The van der Waals surface area contributed by atoms with Crippen LogP contribution >= 0.6 is 0 Å². The molecule has 0 heterocycles. The number of ether oxygens (including phenoxy) is 1. The van der Waals surface area contributed by atoms with Crippen molar-refractivity contribution in [2.75, 3.05) is 13.7 Å². The van der Waals surface area contributed by atoms with E-state index in [0.717, 1.165) is 24.6 Å². The minimum atomic E-state index is 0.602. The second-order valence-corrected chi connectivity index (χ2v) is 5.19. The molecule has 1 aromatic carbocycles. The summed E-state index contributed by atoms with van der Waals surface area (Å²) in [7, 11) is 1.59. The molecule has 0 radical (unpaired) electrons. The molecule has 0 aromatic heterocycles. The van der Waals surface area contributed by atoms with Gasteiger partial charge < -0.3 is 10.1 Å². The van der Waals surface area contributed by atoms with Crippen molar-refractivity contribution in [3.63, 3.8) is 0 Å². The maximum Gasteiger partial charge on any atom is 0.136 e. The third kappa shape index (κ3) is 5.22. The van der Waals surface area contributed by atoms with E-state index in [1.165, 1.54) is 25.7 Å². The first kappa shape index (κ1) is 16.5. The Morgan fingerprint density at radius 3 is 2.75 bits per heavy atom. The molecule has 1 rings (SSSR count). The number of nitriles is 1. The molecule has 0 saturated heterocycles. The minimum Gasteiger partial charge on any atom is -0.495 e. The fraction of sp³-hybridized carbons (Fsp3) is 0.588. The Labute approximate surface area is 123 Å². The Balaban J connectivity index is 2.47. The van der Waals surface area contributed by atoms with Crippen LogP contribution in [0.2, 0.25) is 0 Å². The van der Waals surface area contributed by atoms with Gasteiger partial charge in [0.1, 0.15) is 11.8 Å². The summed E-state index contributed by atoms with van der Waals surface area (Å²) in [6.07, 6.45) is 5.09. The summed E-state index contributed by atoms with van der Waals surface area (Å²) in [5, 5.41) is 12.6. The summed E-state index contributed by atoms with van der Waals surface area (Å²) >= 11 is 0. The van der Waals surface area contributed by atoms with Crippen molar-refractivity contribution in [1.82, 2.24) is 5.32 Å². The minimum absolute atomic E-state index is 0.602. The van der Waals surface area contributed by atoms with Crippen LogP contribution in [0.4, 0.5) is 0 Å². The Hall–Kier alpha value is -1.53. The van der Waals surface area contributed by atoms with Crippen molar-refractivity contribution >= 4 is 0 Å². The predicted molar refractivity (Wildman–Crippen MR) is 82.7 cm³/mol. The van der Waals surface area contributed by atoms with Crippen molar-refractivity contribution in [2.45, 2.75) is 46.1 Å². The van der Waals surface area contributed by atoms with Gasteiger partial charge in [-0.05, 0) is 36.6 Å². The topological polar surface area (TPSA) is 45.0 Å². The first-order valence-corrected chi connectivity index (χ1v) is 7.52. The Kier molecular flexibility index (Phi) is 7.75. The molecule has 3 nitrogen and oxygen atoms in total. The molecule has 0 amide bonds. The molecule has 0 fully saturated rings. The molecular weight excluding hydrogens is 248 g/mol. The van der Waals surface area contributed by atoms with Crippen LogP contribution in [0.5, 0.6) is 5.75 Å². The molecule has 1 N–H and O–H groups in total. The van der Waals surface area contributed by atoms with Crippen LogP contribution < -0.4 is 10.1 Å². The van der Waals surface area contributed by atoms with Crippen LogP contribution in [0.15, 0.2) is 18.2 Å². The molecule has 0 aliphatic heterocycles. The average Bonchev–Trinajstić information content (AvgIpc) is 2.50. The zero-order valence-corrected chi connectivity index (χ0v) is 12.9. The summed E-state index contributed by atoms with van der Waals surface area (Å²) in [5.74, 6) is 1.40. The molecule has 110 valence electrons. The highest BCUT2D eigenvalue weighted by Gasteiger charge is 2.06.